The molecule has 0 fully saturated rings. The Hall–Kier alpha value is -8.21. The van der Waals surface area contributed by atoms with Crippen molar-refractivity contribution in [2.24, 2.45) is 0 Å². The van der Waals surface area contributed by atoms with E-state index in [2.05, 4.69) is 158 Å². The Morgan fingerprint density at radius 3 is 1.34 bits per heavy atom. The van der Waals surface area contributed by atoms with Gasteiger partial charge >= 0.3 is 0 Å². The summed E-state index contributed by atoms with van der Waals surface area (Å²) in [6, 6.07) is 78.4. The Bertz CT molecular complexity index is 3280. The molecule has 0 radical (unpaired) electrons. The van der Waals surface area contributed by atoms with Crippen molar-refractivity contribution in [1.82, 2.24) is 15.0 Å². The van der Waals surface area contributed by atoms with Crippen LogP contribution in [0.3, 0.4) is 0 Å². The van der Waals surface area contributed by atoms with Crippen LogP contribution in [0.15, 0.2) is 229 Å². The summed E-state index contributed by atoms with van der Waals surface area (Å²) in [5, 5.41) is 2.21. The Balaban J connectivity index is 1.10. The van der Waals surface area contributed by atoms with Crippen LogP contribution in [0.2, 0.25) is 0 Å². The first-order chi connectivity index (χ1) is 30.2. The molecule has 0 aliphatic carbocycles. The zero-order valence-corrected chi connectivity index (χ0v) is 33.1. The maximum atomic E-state index is 6.70. The van der Waals surface area contributed by atoms with Crippen molar-refractivity contribution in [3.8, 4) is 89.8 Å². The number of fused-ring (bicyclic) bond motifs is 3. The van der Waals surface area contributed by atoms with E-state index in [0.717, 1.165) is 94.3 Å². The summed E-state index contributed by atoms with van der Waals surface area (Å²) in [4.78, 5) is 15.0. The van der Waals surface area contributed by atoms with E-state index in [9.17, 15) is 0 Å². The zero-order chi connectivity index (χ0) is 40.5. The number of nitrogens with zero attached hydrogens (tertiary/aromatic N) is 3. The fraction of sp³-hybridized carbons (Fsp3) is 0. The second kappa shape index (κ2) is 15.5. The molecule has 9 aromatic carbocycles. The van der Waals surface area contributed by atoms with Crippen LogP contribution < -0.4 is 0 Å². The summed E-state index contributed by atoms with van der Waals surface area (Å²) in [5.74, 6) is 1.90. The van der Waals surface area contributed by atoms with Gasteiger partial charge in [0, 0.05) is 33.0 Å². The van der Waals surface area contributed by atoms with Crippen LogP contribution in [0, 0.1) is 0 Å². The molecule has 0 saturated heterocycles. The van der Waals surface area contributed by atoms with E-state index in [1.54, 1.807) is 0 Å². The molecule has 0 atom stereocenters. The molecule has 11 aromatic rings. The fourth-order valence-electron chi connectivity index (χ4n) is 8.40. The first kappa shape index (κ1) is 35.9. The Morgan fingerprint density at radius 1 is 0.262 bits per heavy atom. The van der Waals surface area contributed by atoms with Crippen molar-refractivity contribution in [1.29, 1.82) is 0 Å². The van der Waals surface area contributed by atoms with Gasteiger partial charge in [-0.1, -0.05) is 194 Å². The molecule has 2 heterocycles. The third-order valence-corrected chi connectivity index (χ3v) is 11.3. The second-order valence-electron chi connectivity index (χ2n) is 15.2. The van der Waals surface area contributed by atoms with Gasteiger partial charge in [0.2, 0.25) is 0 Å². The van der Waals surface area contributed by atoms with E-state index >= 15 is 0 Å². The third-order valence-electron chi connectivity index (χ3n) is 11.3. The summed E-state index contributed by atoms with van der Waals surface area (Å²) in [5.41, 5.74) is 15.7. The van der Waals surface area contributed by atoms with Crippen molar-refractivity contribution in [2.45, 2.75) is 0 Å². The van der Waals surface area contributed by atoms with Crippen molar-refractivity contribution < 1.29 is 4.42 Å². The average Bonchev–Trinajstić information content (AvgIpc) is 3.74. The van der Waals surface area contributed by atoms with E-state index in [1.165, 1.54) is 0 Å². The highest BCUT2D eigenvalue weighted by Crippen LogP contribution is 2.47. The minimum atomic E-state index is 0.622. The molecular formula is C57H37N3O. The summed E-state index contributed by atoms with van der Waals surface area (Å²) in [6.07, 6.45) is 0. The number of para-hydroxylation sites is 2. The lowest BCUT2D eigenvalue weighted by Gasteiger charge is -2.20. The molecule has 0 amide bonds. The maximum Gasteiger partial charge on any atom is 0.164 e. The van der Waals surface area contributed by atoms with Crippen LogP contribution in [0.25, 0.3) is 112 Å². The van der Waals surface area contributed by atoms with Gasteiger partial charge in [-0.2, -0.15) is 0 Å². The van der Waals surface area contributed by atoms with Gasteiger partial charge < -0.3 is 4.42 Å². The lowest BCUT2D eigenvalue weighted by molar-refractivity contribution is 0.670. The largest absolute Gasteiger partial charge is 0.455 e. The minimum Gasteiger partial charge on any atom is -0.455 e. The molecule has 0 spiro atoms. The highest BCUT2D eigenvalue weighted by atomic mass is 16.3. The van der Waals surface area contributed by atoms with Gasteiger partial charge in [0.15, 0.2) is 17.5 Å². The van der Waals surface area contributed by atoms with Crippen molar-refractivity contribution in [2.75, 3.05) is 0 Å². The molecule has 286 valence electrons. The smallest absolute Gasteiger partial charge is 0.164 e. The minimum absolute atomic E-state index is 0.622. The van der Waals surface area contributed by atoms with Crippen molar-refractivity contribution >= 4 is 21.9 Å². The van der Waals surface area contributed by atoms with Crippen LogP contribution in [-0.2, 0) is 0 Å². The highest BCUT2D eigenvalue weighted by molar-refractivity contribution is 6.12. The zero-order valence-electron chi connectivity index (χ0n) is 33.1. The van der Waals surface area contributed by atoms with Crippen LogP contribution in [0.5, 0.6) is 0 Å². The van der Waals surface area contributed by atoms with Gasteiger partial charge in [0.05, 0.1) is 0 Å². The number of benzene rings is 9. The Morgan fingerprint density at radius 2 is 0.705 bits per heavy atom. The molecular weight excluding hydrogens is 743 g/mol. The maximum absolute atomic E-state index is 6.70. The molecule has 0 bridgehead atoms. The van der Waals surface area contributed by atoms with Gasteiger partial charge in [-0.25, -0.2) is 15.0 Å². The quantitative estimate of drug-likeness (QED) is 0.154. The number of rotatable bonds is 8. The van der Waals surface area contributed by atoms with Gasteiger partial charge in [-0.3, -0.25) is 0 Å². The summed E-state index contributed by atoms with van der Waals surface area (Å²) in [6.45, 7) is 0. The molecule has 2 aromatic heterocycles. The SMILES string of the molecule is c1ccc(-c2cc(-c3cccc(-c4cccc(-c5nc(-c6ccccc6)nc(-c6ccccc6)n5)c4)c3)c(-c3ccccc3)c(-c3cccc4c3oc3ccccc34)c2)cc1. The van der Waals surface area contributed by atoms with E-state index in [-0.39, 0.29) is 0 Å². The predicted octanol–water partition coefficient (Wildman–Crippen LogP) is 15.1. The summed E-state index contributed by atoms with van der Waals surface area (Å²) < 4.78 is 6.70. The van der Waals surface area contributed by atoms with Gasteiger partial charge in [0.1, 0.15) is 11.2 Å². The molecule has 0 unspecified atom stereocenters. The van der Waals surface area contributed by atoms with Gasteiger partial charge in [0.25, 0.3) is 0 Å². The van der Waals surface area contributed by atoms with Gasteiger partial charge in [-0.05, 0) is 80.4 Å². The van der Waals surface area contributed by atoms with Crippen LogP contribution in [-0.4, -0.2) is 15.0 Å². The van der Waals surface area contributed by atoms with E-state index in [1.807, 2.05) is 66.7 Å². The molecule has 0 N–H and O–H groups in total. The lowest BCUT2D eigenvalue weighted by atomic mass is 9.84. The average molecular weight is 780 g/mol. The molecule has 11 rings (SSSR count). The van der Waals surface area contributed by atoms with E-state index < -0.39 is 0 Å². The highest BCUT2D eigenvalue weighted by Gasteiger charge is 2.21. The number of hydrogen-bond acceptors (Lipinski definition) is 4. The summed E-state index contributed by atoms with van der Waals surface area (Å²) >= 11 is 0. The normalized spacial score (nSPS) is 11.3. The third kappa shape index (κ3) is 6.86. The van der Waals surface area contributed by atoms with E-state index in [0.29, 0.717) is 17.5 Å². The number of furan rings is 1. The standard InChI is InChI=1S/C57H37N3O/c1-5-18-38(19-6-1)46-36-50(53(39-20-7-2-8-21-39)51(37-46)49-32-17-31-48-47-30-13-14-33-52(47)61-54(48)49)44-28-15-26-42(34-44)43-27-16-29-45(35-43)57-59-55(40-22-9-3-10-23-40)58-56(60-57)41-24-11-4-12-25-41/h1-37H. The van der Waals surface area contributed by atoms with Crippen LogP contribution >= 0.6 is 0 Å². The monoisotopic (exact) mass is 779 g/mol. The Kier molecular flexibility index (Phi) is 9.14. The van der Waals surface area contributed by atoms with Gasteiger partial charge in [-0.15, -0.1) is 0 Å². The van der Waals surface area contributed by atoms with Crippen LogP contribution in [0.4, 0.5) is 0 Å². The molecule has 61 heavy (non-hydrogen) atoms. The molecule has 0 aliphatic heterocycles. The number of aromatic nitrogens is 3. The second-order valence-corrected chi connectivity index (χ2v) is 15.2. The fourth-order valence-corrected chi connectivity index (χ4v) is 8.40. The molecule has 0 saturated carbocycles. The molecule has 4 nitrogen and oxygen atoms in total. The van der Waals surface area contributed by atoms with Crippen molar-refractivity contribution in [3.63, 3.8) is 0 Å². The molecule has 4 heteroatoms. The Labute approximate surface area is 354 Å². The predicted molar refractivity (Wildman–Crippen MR) is 251 cm³/mol. The lowest BCUT2D eigenvalue weighted by Crippen LogP contribution is -2.00. The first-order valence-electron chi connectivity index (χ1n) is 20.5. The summed E-state index contributed by atoms with van der Waals surface area (Å²) in [7, 11) is 0. The molecule has 0 aliphatic rings. The first-order valence-corrected chi connectivity index (χ1v) is 20.5. The topological polar surface area (TPSA) is 51.8 Å². The number of hydrogen-bond donors (Lipinski definition) is 0. The van der Waals surface area contributed by atoms with E-state index in [4.69, 9.17) is 19.4 Å². The van der Waals surface area contributed by atoms with Crippen LogP contribution in [0.1, 0.15) is 0 Å². The van der Waals surface area contributed by atoms with Crippen molar-refractivity contribution in [3.05, 3.63) is 224 Å².